The van der Waals surface area contributed by atoms with Crippen molar-refractivity contribution in [2.75, 3.05) is 6.61 Å². The Morgan fingerprint density at radius 1 is 0.941 bits per heavy atom. The van der Waals surface area contributed by atoms with Crippen LogP contribution in [0.15, 0.2) is 60.7 Å². The van der Waals surface area contributed by atoms with Gasteiger partial charge >= 0.3 is 0 Å². The van der Waals surface area contributed by atoms with Crippen LogP contribution in [0.5, 0.6) is 5.75 Å². The van der Waals surface area contributed by atoms with Crippen LogP contribution in [0.2, 0.25) is 10.0 Å². The number of fused-ring (bicyclic) bond motifs is 1. The highest BCUT2D eigenvalue weighted by molar-refractivity contribution is 6.36. The zero-order chi connectivity index (χ0) is 24.7. The molecule has 2 atom stereocenters. The van der Waals surface area contributed by atoms with E-state index in [4.69, 9.17) is 27.9 Å². The van der Waals surface area contributed by atoms with Gasteiger partial charge in [0.1, 0.15) is 11.8 Å². The average molecular weight is 501 g/mol. The van der Waals surface area contributed by atoms with Gasteiger partial charge in [-0.05, 0) is 43.4 Å². The first-order chi connectivity index (χ1) is 16.3. The van der Waals surface area contributed by atoms with Crippen LogP contribution in [0, 0.1) is 0 Å². The standard InChI is InChI=1S/C27H30Cl2N2O3/c1-4-18(3)30-27(33)24(5-2)31(16-21-22(28)13-9-14-23(21)29)26(32)17-34-25-15-8-11-19-10-6-7-12-20(19)25/h6-15,18,24H,4-5,16-17H2,1-3H3,(H,30,33)/t18-,24-/m0/s1. The number of rotatable bonds is 10. The lowest BCUT2D eigenvalue weighted by atomic mass is 10.1. The van der Waals surface area contributed by atoms with Crippen LogP contribution < -0.4 is 10.1 Å². The van der Waals surface area contributed by atoms with Crippen molar-refractivity contribution in [3.63, 3.8) is 0 Å². The second kappa shape index (κ2) is 12.1. The van der Waals surface area contributed by atoms with Crippen molar-refractivity contribution in [2.24, 2.45) is 0 Å². The Kier molecular flexibility index (Phi) is 9.20. The largest absolute Gasteiger partial charge is 0.483 e. The Morgan fingerprint density at radius 3 is 2.26 bits per heavy atom. The fourth-order valence-corrected chi connectivity index (χ4v) is 4.28. The number of hydrogen-bond donors (Lipinski definition) is 1. The maximum Gasteiger partial charge on any atom is 0.261 e. The SMILES string of the molecule is CC[C@H](C)NC(=O)[C@H](CC)N(Cc1c(Cl)cccc1Cl)C(=O)COc1cccc2ccccc12. The Balaban J connectivity index is 1.88. The van der Waals surface area contributed by atoms with E-state index < -0.39 is 6.04 Å². The molecule has 3 aromatic carbocycles. The summed E-state index contributed by atoms with van der Waals surface area (Å²) < 4.78 is 5.95. The lowest BCUT2D eigenvalue weighted by molar-refractivity contribution is -0.143. The Morgan fingerprint density at radius 2 is 1.59 bits per heavy atom. The fourth-order valence-electron chi connectivity index (χ4n) is 3.76. The fraction of sp³-hybridized carbons (Fsp3) is 0.333. The van der Waals surface area contributed by atoms with Crippen molar-refractivity contribution < 1.29 is 14.3 Å². The van der Waals surface area contributed by atoms with Gasteiger partial charge in [0.25, 0.3) is 5.91 Å². The zero-order valence-corrected chi connectivity index (χ0v) is 21.2. The van der Waals surface area contributed by atoms with Crippen molar-refractivity contribution in [1.82, 2.24) is 10.2 Å². The van der Waals surface area contributed by atoms with E-state index in [0.717, 1.165) is 17.2 Å². The highest BCUT2D eigenvalue weighted by Gasteiger charge is 2.30. The quantitative estimate of drug-likeness (QED) is 0.358. The summed E-state index contributed by atoms with van der Waals surface area (Å²) in [6.45, 7) is 5.69. The molecule has 0 aliphatic rings. The van der Waals surface area contributed by atoms with Crippen LogP contribution in [0.1, 0.15) is 39.2 Å². The van der Waals surface area contributed by atoms with Gasteiger partial charge in [-0.1, -0.05) is 79.5 Å². The average Bonchev–Trinajstić information content (AvgIpc) is 2.84. The van der Waals surface area contributed by atoms with Crippen LogP contribution in [0.25, 0.3) is 10.8 Å². The van der Waals surface area contributed by atoms with Gasteiger partial charge in [0.2, 0.25) is 5.91 Å². The van der Waals surface area contributed by atoms with E-state index in [1.54, 1.807) is 18.2 Å². The molecule has 0 unspecified atom stereocenters. The molecule has 0 spiro atoms. The van der Waals surface area contributed by atoms with Crippen LogP contribution in [-0.4, -0.2) is 35.4 Å². The van der Waals surface area contributed by atoms with Crippen LogP contribution in [0.4, 0.5) is 0 Å². The first-order valence-corrected chi connectivity index (χ1v) is 12.2. The van der Waals surface area contributed by atoms with Crippen LogP contribution >= 0.6 is 23.2 Å². The summed E-state index contributed by atoms with van der Waals surface area (Å²) >= 11 is 12.8. The summed E-state index contributed by atoms with van der Waals surface area (Å²) in [5.74, 6) is 0.0768. The molecule has 3 aromatic rings. The molecule has 0 aromatic heterocycles. The maximum atomic E-state index is 13.5. The molecule has 0 saturated heterocycles. The van der Waals surface area contributed by atoms with Crippen molar-refractivity contribution >= 4 is 45.8 Å². The Hall–Kier alpha value is -2.76. The summed E-state index contributed by atoms with van der Waals surface area (Å²) in [7, 11) is 0. The predicted molar refractivity (Wildman–Crippen MR) is 138 cm³/mol. The third-order valence-corrected chi connectivity index (χ3v) is 6.59. The first kappa shape index (κ1) is 25.9. The Labute approximate surface area is 211 Å². The minimum absolute atomic E-state index is 0.00524. The van der Waals surface area contributed by atoms with Gasteiger partial charge in [-0.25, -0.2) is 0 Å². The van der Waals surface area contributed by atoms with E-state index in [1.807, 2.05) is 63.2 Å². The molecular weight excluding hydrogens is 471 g/mol. The summed E-state index contributed by atoms with van der Waals surface area (Å²) in [6, 6.07) is 18.0. The van der Waals surface area contributed by atoms with Crippen molar-refractivity contribution in [3.05, 3.63) is 76.3 Å². The minimum atomic E-state index is -0.690. The molecule has 0 bridgehead atoms. The zero-order valence-electron chi connectivity index (χ0n) is 19.7. The number of hydrogen-bond acceptors (Lipinski definition) is 3. The smallest absolute Gasteiger partial charge is 0.261 e. The highest BCUT2D eigenvalue weighted by Crippen LogP contribution is 2.28. The van der Waals surface area contributed by atoms with E-state index in [1.165, 1.54) is 4.90 Å². The van der Waals surface area contributed by atoms with Gasteiger partial charge in [-0.2, -0.15) is 0 Å². The van der Waals surface area contributed by atoms with Crippen molar-refractivity contribution in [3.8, 4) is 5.75 Å². The number of amides is 2. The second-order valence-corrected chi connectivity index (χ2v) is 9.04. The molecular formula is C27H30Cl2N2O3. The number of ether oxygens (including phenoxy) is 1. The molecule has 0 radical (unpaired) electrons. The number of nitrogens with one attached hydrogen (secondary N) is 1. The molecule has 180 valence electrons. The van der Waals surface area contributed by atoms with Gasteiger partial charge in [0.05, 0.1) is 0 Å². The molecule has 34 heavy (non-hydrogen) atoms. The van der Waals surface area contributed by atoms with Crippen LogP contribution in [-0.2, 0) is 16.1 Å². The molecule has 3 rings (SSSR count). The third kappa shape index (κ3) is 6.22. The molecule has 7 heteroatoms. The molecule has 0 fully saturated rings. The number of halogens is 2. The van der Waals surface area contributed by atoms with Crippen LogP contribution in [0.3, 0.4) is 0 Å². The predicted octanol–water partition coefficient (Wildman–Crippen LogP) is 6.25. The normalized spacial score (nSPS) is 12.7. The molecule has 2 amide bonds. The number of benzene rings is 3. The van der Waals surface area contributed by atoms with Gasteiger partial charge in [0, 0.05) is 33.6 Å². The topological polar surface area (TPSA) is 58.6 Å². The second-order valence-electron chi connectivity index (χ2n) is 8.23. The monoisotopic (exact) mass is 500 g/mol. The van der Waals surface area contributed by atoms with E-state index in [-0.39, 0.29) is 31.0 Å². The molecule has 1 N–H and O–H groups in total. The van der Waals surface area contributed by atoms with Crippen molar-refractivity contribution in [2.45, 2.75) is 52.2 Å². The van der Waals surface area contributed by atoms with Gasteiger partial charge in [0.15, 0.2) is 6.61 Å². The van der Waals surface area contributed by atoms with E-state index in [2.05, 4.69) is 5.32 Å². The summed E-state index contributed by atoms with van der Waals surface area (Å²) in [4.78, 5) is 28.1. The van der Waals surface area contributed by atoms with E-state index in [9.17, 15) is 9.59 Å². The highest BCUT2D eigenvalue weighted by atomic mass is 35.5. The number of nitrogens with zero attached hydrogens (tertiary/aromatic N) is 1. The maximum absolute atomic E-state index is 13.5. The molecule has 0 aliphatic heterocycles. The molecule has 0 aliphatic carbocycles. The molecule has 0 saturated carbocycles. The van der Waals surface area contributed by atoms with Gasteiger partial charge in [-0.15, -0.1) is 0 Å². The van der Waals surface area contributed by atoms with Crippen molar-refractivity contribution in [1.29, 1.82) is 0 Å². The number of carbonyl (C=O) groups is 2. The molecule has 5 nitrogen and oxygen atoms in total. The van der Waals surface area contributed by atoms with E-state index >= 15 is 0 Å². The minimum Gasteiger partial charge on any atom is -0.483 e. The lowest BCUT2D eigenvalue weighted by Gasteiger charge is -2.32. The third-order valence-electron chi connectivity index (χ3n) is 5.88. The first-order valence-electron chi connectivity index (χ1n) is 11.5. The molecule has 0 heterocycles. The summed E-state index contributed by atoms with van der Waals surface area (Å²) in [6.07, 6.45) is 1.22. The Bertz CT molecular complexity index is 1130. The lowest BCUT2D eigenvalue weighted by Crippen LogP contribution is -2.51. The van der Waals surface area contributed by atoms with Gasteiger partial charge in [-0.3, -0.25) is 9.59 Å². The summed E-state index contributed by atoms with van der Waals surface area (Å²) in [5, 5.41) is 5.81. The summed E-state index contributed by atoms with van der Waals surface area (Å²) in [5.41, 5.74) is 0.596. The van der Waals surface area contributed by atoms with Gasteiger partial charge < -0.3 is 15.0 Å². The van der Waals surface area contributed by atoms with E-state index in [0.29, 0.717) is 27.8 Å². The number of carbonyl (C=O) groups excluding carboxylic acids is 2.